The molecule has 0 radical (unpaired) electrons. The number of carbonyl (C=O) groups is 1. The lowest BCUT2D eigenvalue weighted by Crippen LogP contribution is -2.31. The summed E-state index contributed by atoms with van der Waals surface area (Å²) in [6.45, 7) is 6.22. The molecule has 174 valence electrons. The zero-order valence-electron chi connectivity index (χ0n) is 18.9. The molecule has 0 saturated heterocycles. The van der Waals surface area contributed by atoms with E-state index in [1.54, 1.807) is 30.3 Å². The number of benzene rings is 1. The first-order valence-electron chi connectivity index (χ1n) is 10.5. The van der Waals surface area contributed by atoms with E-state index in [2.05, 4.69) is 36.1 Å². The van der Waals surface area contributed by atoms with Crippen molar-refractivity contribution < 1.29 is 18.3 Å². The number of aliphatic carboxylic acids is 1. The first kappa shape index (κ1) is 24.3. The van der Waals surface area contributed by atoms with Gasteiger partial charge in [0.25, 0.3) is 10.0 Å². The van der Waals surface area contributed by atoms with Crippen molar-refractivity contribution in [2.24, 2.45) is 0 Å². The van der Waals surface area contributed by atoms with Crippen molar-refractivity contribution in [3.8, 4) is 0 Å². The highest BCUT2D eigenvalue weighted by atomic mass is 32.2. The third-order valence-electron chi connectivity index (χ3n) is 4.99. The molecule has 2 aromatic heterocycles. The standard InChI is InChI=1S/C24H28N4O4S/c1-24(2,3)19-12-10-18(11-13-19)16-28(33(31,32)22-9-4-5-14-25-22)17-20-7-6-8-21(27-20)26-15-23(29)30/h4-14H,15-17H2,1-3H3,(H,26,27)(H,29,30). The van der Waals surface area contributed by atoms with Crippen LogP contribution in [0.25, 0.3) is 0 Å². The molecule has 0 amide bonds. The molecule has 2 heterocycles. The van der Waals surface area contributed by atoms with Gasteiger partial charge in [-0.2, -0.15) is 4.31 Å². The van der Waals surface area contributed by atoms with Gasteiger partial charge in [-0.15, -0.1) is 0 Å². The Kier molecular flexibility index (Phi) is 7.45. The highest BCUT2D eigenvalue weighted by Gasteiger charge is 2.27. The van der Waals surface area contributed by atoms with Crippen molar-refractivity contribution >= 4 is 21.8 Å². The van der Waals surface area contributed by atoms with Gasteiger partial charge in [-0.25, -0.2) is 18.4 Å². The average molecular weight is 469 g/mol. The van der Waals surface area contributed by atoms with Crippen LogP contribution < -0.4 is 5.32 Å². The van der Waals surface area contributed by atoms with Crippen molar-refractivity contribution in [2.75, 3.05) is 11.9 Å². The third kappa shape index (κ3) is 6.59. The summed E-state index contributed by atoms with van der Waals surface area (Å²) >= 11 is 0. The fourth-order valence-corrected chi connectivity index (χ4v) is 4.51. The molecule has 2 N–H and O–H groups in total. The number of hydrogen-bond donors (Lipinski definition) is 2. The summed E-state index contributed by atoms with van der Waals surface area (Å²) in [6, 6.07) is 17.7. The summed E-state index contributed by atoms with van der Waals surface area (Å²) in [5.41, 5.74) is 2.47. The molecular formula is C24H28N4O4S. The highest BCUT2D eigenvalue weighted by Crippen LogP contribution is 2.24. The van der Waals surface area contributed by atoms with Crippen LogP contribution in [0.3, 0.4) is 0 Å². The summed E-state index contributed by atoms with van der Waals surface area (Å²) in [4.78, 5) is 19.2. The van der Waals surface area contributed by atoms with Gasteiger partial charge in [-0.3, -0.25) is 4.79 Å². The van der Waals surface area contributed by atoms with Gasteiger partial charge in [0.1, 0.15) is 12.4 Å². The second kappa shape index (κ2) is 10.1. The number of carboxylic acid groups (broad SMARTS) is 1. The first-order chi connectivity index (χ1) is 15.6. The predicted octanol–water partition coefficient (Wildman–Crippen LogP) is 3.66. The molecule has 0 fully saturated rings. The van der Waals surface area contributed by atoms with Crippen molar-refractivity contribution in [3.05, 3.63) is 83.7 Å². The van der Waals surface area contributed by atoms with E-state index in [4.69, 9.17) is 5.11 Å². The largest absolute Gasteiger partial charge is 0.480 e. The smallest absolute Gasteiger partial charge is 0.322 e. The average Bonchev–Trinajstić information content (AvgIpc) is 2.78. The molecule has 0 spiro atoms. The molecule has 3 rings (SSSR count). The first-order valence-corrected chi connectivity index (χ1v) is 11.9. The topological polar surface area (TPSA) is 112 Å². The summed E-state index contributed by atoms with van der Waals surface area (Å²) in [7, 11) is -3.91. The molecule has 0 saturated carbocycles. The van der Waals surface area contributed by atoms with E-state index in [1.165, 1.54) is 16.6 Å². The molecular weight excluding hydrogens is 440 g/mol. The molecule has 0 atom stereocenters. The quantitative estimate of drug-likeness (QED) is 0.493. The fraction of sp³-hybridized carbons (Fsp3) is 0.292. The molecule has 0 unspecified atom stereocenters. The zero-order chi connectivity index (χ0) is 24.1. The number of carboxylic acids is 1. The summed E-state index contributed by atoms with van der Waals surface area (Å²) in [5.74, 6) is -0.653. The van der Waals surface area contributed by atoms with Crippen LogP contribution in [0.2, 0.25) is 0 Å². The van der Waals surface area contributed by atoms with Gasteiger partial charge in [0, 0.05) is 12.7 Å². The summed E-state index contributed by atoms with van der Waals surface area (Å²) in [5, 5.41) is 11.5. The van der Waals surface area contributed by atoms with Gasteiger partial charge in [-0.05, 0) is 40.8 Å². The number of rotatable bonds is 9. The monoisotopic (exact) mass is 468 g/mol. The van der Waals surface area contributed by atoms with Crippen LogP contribution in [-0.2, 0) is 33.3 Å². The van der Waals surface area contributed by atoms with Crippen molar-refractivity contribution in [3.63, 3.8) is 0 Å². The van der Waals surface area contributed by atoms with Crippen LogP contribution >= 0.6 is 0 Å². The molecule has 9 heteroatoms. The number of aromatic nitrogens is 2. The Morgan fingerprint density at radius 1 is 1.00 bits per heavy atom. The van der Waals surface area contributed by atoms with Crippen molar-refractivity contribution in [2.45, 2.75) is 44.3 Å². The normalized spacial score (nSPS) is 12.0. The fourth-order valence-electron chi connectivity index (χ4n) is 3.18. The van der Waals surface area contributed by atoms with E-state index < -0.39 is 16.0 Å². The van der Waals surface area contributed by atoms with Crippen LogP contribution in [0, 0.1) is 0 Å². The van der Waals surface area contributed by atoms with Crippen molar-refractivity contribution in [1.82, 2.24) is 14.3 Å². The molecule has 8 nitrogen and oxygen atoms in total. The number of hydrogen-bond acceptors (Lipinski definition) is 6. The minimum Gasteiger partial charge on any atom is -0.480 e. The maximum atomic E-state index is 13.4. The van der Waals surface area contributed by atoms with Crippen LogP contribution in [0.1, 0.15) is 37.6 Å². The highest BCUT2D eigenvalue weighted by molar-refractivity contribution is 7.89. The van der Waals surface area contributed by atoms with Crippen molar-refractivity contribution in [1.29, 1.82) is 0 Å². The van der Waals surface area contributed by atoms with Crippen LogP contribution in [0.4, 0.5) is 5.82 Å². The number of anilines is 1. The third-order valence-corrected chi connectivity index (χ3v) is 6.69. The molecule has 0 aliphatic carbocycles. The maximum Gasteiger partial charge on any atom is 0.322 e. The second-order valence-corrected chi connectivity index (χ2v) is 10.5. The van der Waals surface area contributed by atoms with Gasteiger partial charge < -0.3 is 10.4 Å². The van der Waals surface area contributed by atoms with Crippen LogP contribution in [0.15, 0.2) is 71.9 Å². The Hall–Kier alpha value is -3.30. The Bertz CT molecular complexity index is 1190. The summed E-state index contributed by atoms with van der Waals surface area (Å²) in [6.07, 6.45) is 1.44. The van der Waals surface area contributed by atoms with Gasteiger partial charge >= 0.3 is 5.97 Å². The van der Waals surface area contributed by atoms with Gasteiger partial charge in [0.2, 0.25) is 0 Å². The predicted molar refractivity (Wildman–Crippen MR) is 126 cm³/mol. The lowest BCUT2D eigenvalue weighted by Gasteiger charge is -2.23. The zero-order valence-corrected chi connectivity index (χ0v) is 19.7. The van der Waals surface area contributed by atoms with Gasteiger partial charge in [0.05, 0.1) is 12.2 Å². The minimum atomic E-state index is -3.91. The van der Waals surface area contributed by atoms with E-state index in [0.717, 1.165) is 11.1 Å². The van der Waals surface area contributed by atoms with E-state index in [-0.39, 0.29) is 30.1 Å². The van der Waals surface area contributed by atoms with Gasteiger partial charge in [0.15, 0.2) is 5.03 Å². The summed E-state index contributed by atoms with van der Waals surface area (Å²) < 4.78 is 28.1. The molecule has 1 aromatic carbocycles. The lowest BCUT2D eigenvalue weighted by atomic mass is 9.87. The molecule has 33 heavy (non-hydrogen) atoms. The van der Waals surface area contributed by atoms with Gasteiger partial charge in [-0.1, -0.05) is 57.2 Å². The maximum absolute atomic E-state index is 13.4. The Morgan fingerprint density at radius 3 is 2.33 bits per heavy atom. The Morgan fingerprint density at radius 2 is 1.73 bits per heavy atom. The Balaban J connectivity index is 1.91. The molecule has 0 aliphatic rings. The van der Waals surface area contributed by atoms with Crippen LogP contribution in [-0.4, -0.2) is 40.3 Å². The molecule has 0 bridgehead atoms. The van der Waals surface area contributed by atoms with E-state index >= 15 is 0 Å². The Labute approximate surface area is 194 Å². The second-order valence-electron chi connectivity index (χ2n) is 8.65. The lowest BCUT2D eigenvalue weighted by molar-refractivity contribution is -0.134. The number of nitrogens with one attached hydrogen (secondary N) is 1. The van der Waals surface area contributed by atoms with E-state index in [0.29, 0.717) is 11.5 Å². The number of nitrogens with zero attached hydrogens (tertiary/aromatic N) is 3. The molecule has 0 aliphatic heterocycles. The SMILES string of the molecule is CC(C)(C)c1ccc(CN(Cc2cccc(NCC(=O)O)n2)S(=O)(=O)c2ccccn2)cc1. The van der Waals surface area contributed by atoms with Crippen LogP contribution in [0.5, 0.6) is 0 Å². The molecule has 3 aromatic rings. The number of pyridine rings is 2. The van der Waals surface area contributed by atoms with E-state index in [9.17, 15) is 13.2 Å². The van der Waals surface area contributed by atoms with E-state index in [1.807, 2.05) is 24.3 Å². The number of sulfonamides is 1. The minimum absolute atomic E-state index is 0.00250.